The fourth-order valence-corrected chi connectivity index (χ4v) is 7.25. The molecule has 2 atom stereocenters. The minimum absolute atomic E-state index is 0.0434. The van der Waals surface area contributed by atoms with E-state index in [0.717, 1.165) is 47.4 Å². The Labute approximate surface area is 268 Å². The van der Waals surface area contributed by atoms with Crippen LogP contribution in [0.25, 0.3) is 6.08 Å². The molecule has 230 valence electrons. The molecule has 1 amide bonds. The lowest BCUT2D eigenvalue weighted by Crippen LogP contribution is -2.32. The third-order valence-electron chi connectivity index (χ3n) is 8.12. The third-order valence-corrected chi connectivity index (χ3v) is 9.75. The van der Waals surface area contributed by atoms with Gasteiger partial charge in [-0.25, -0.2) is 13.4 Å². The average Bonchev–Trinajstić information content (AvgIpc) is 3.46. The number of hydrogen-bond acceptors (Lipinski definition) is 6. The second-order valence-electron chi connectivity index (χ2n) is 10.9. The molecule has 4 aromatic rings. The topological polar surface area (TPSA) is 97.3 Å². The van der Waals surface area contributed by atoms with E-state index >= 15 is 0 Å². The van der Waals surface area contributed by atoms with Gasteiger partial charge in [0.25, 0.3) is 15.9 Å². The van der Waals surface area contributed by atoms with Gasteiger partial charge in [-0.15, -0.1) is 0 Å². The Bertz CT molecular complexity index is 1910. The maximum atomic E-state index is 14.3. The van der Waals surface area contributed by atoms with Gasteiger partial charge in [0.1, 0.15) is 11.5 Å². The van der Waals surface area contributed by atoms with Gasteiger partial charge in [-0.2, -0.15) is 5.10 Å². The molecular weight excluding hydrogens is 610 g/mol. The second-order valence-corrected chi connectivity index (χ2v) is 13.0. The highest BCUT2D eigenvalue weighted by Gasteiger charge is 2.45. The first-order valence-corrected chi connectivity index (χ1v) is 16.4. The normalized spacial score (nSPS) is 18.7. The molecule has 1 aliphatic carbocycles. The number of allylic oxidation sites excluding steroid dienone is 1. The average molecular weight is 642 g/mol. The summed E-state index contributed by atoms with van der Waals surface area (Å²) in [4.78, 5) is 14.3. The van der Waals surface area contributed by atoms with Crippen molar-refractivity contribution in [3.8, 4) is 11.5 Å². The molecule has 8 nitrogen and oxygen atoms in total. The highest BCUT2D eigenvalue weighted by atomic mass is 35.5. The van der Waals surface area contributed by atoms with Gasteiger partial charge in [0.05, 0.1) is 30.9 Å². The molecule has 45 heavy (non-hydrogen) atoms. The molecule has 1 fully saturated rings. The van der Waals surface area contributed by atoms with Crippen LogP contribution < -0.4 is 14.2 Å². The summed E-state index contributed by atoms with van der Waals surface area (Å²) in [6.07, 6.45) is 4.64. The molecule has 4 aromatic carbocycles. The van der Waals surface area contributed by atoms with Crippen LogP contribution in [0.5, 0.6) is 11.5 Å². The number of carbonyl (C=O) groups is 1. The van der Waals surface area contributed by atoms with Gasteiger partial charge in [0.15, 0.2) is 0 Å². The Morgan fingerprint density at radius 3 is 2.40 bits per heavy atom. The number of carbonyl (C=O) groups excluding carboxylic acids is 1. The van der Waals surface area contributed by atoms with E-state index in [2.05, 4.69) is 10.8 Å². The van der Waals surface area contributed by atoms with E-state index < -0.39 is 22.0 Å². The van der Waals surface area contributed by atoms with Gasteiger partial charge >= 0.3 is 0 Å². The molecule has 0 spiro atoms. The second kappa shape index (κ2) is 12.8. The summed E-state index contributed by atoms with van der Waals surface area (Å²) in [6.45, 7) is 0. The number of methoxy groups -OCH3 is 2. The van der Waals surface area contributed by atoms with Crippen LogP contribution >= 0.6 is 11.6 Å². The highest BCUT2D eigenvalue weighted by molar-refractivity contribution is 7.92. The summed E-state index contributed by atoms with van der Waals surface area (Å²) < 4.78 is 40.5. The zero-order valence-corrected chi connectivity index (χ0v) is 26.4. The van der Waals surface area contributed by atoms with E-state index in [9.17, 15) is 13.2 Å². The van der Waals surface area contributed by atoms with Gasteiger partial charge in [0.2, 0.25) is 0 Å². The zero-order valence-electron chi connectivity index (χ0n) is 24.8. The number of hydrogen-bond donors (Lipinski definition) is 1. The molecule has 0 bridgehead atoms. The molecule has 2 unspecified atom stereocenters. The Hall–Kier alpha value is -4.60. The molecule has 0 radical (unpaired) electrons. The van der Waals surface area contributed by atoms with Crippen molar-refractivity contribution in [2.45, 2.75) is 30.2 Å². The van der Waals surface area contributed by atoms with E-state index in [1.807, 2.05) is 48.5 Å². The molecule has 1 aliphatic heterocycles. The number of anilines is 1. The van der Waals surface area contributed by atoms with Crippen LogP contribution in [0.2, 0.25) is 5.02 Å². The van der Waals surface area contributed by atoms with Crippen molar-refractivity contribution in [3.63, 3.8) is 0 Å². The molecule has 0 saturated heterocycles. The molecule has 2 aliphatic rings. The van der Waals surface area contributed by atoms with Crippen molar-refractivity contribution in [1.82, 2.24) is 5.01 Å². The lowest BCUT2D eigenvalue weighted by molar-refractivity contribution is 0.0678. The van der Waals surface area contributed by atoms with Crippen LogP contribution in [0.4, 0.5) is 5.69 Å². The van der Waals surface area contributed by atoms with E-state index in [1.54, 1.807) is 50.6 Å². The Morgan fingerprint density at radius 1 is 0.933 bits per heavy atom. The number of fused-ring (bicyclic) bond motifs is 1. The molecule has 1 saturated carbocycles. The predicted molar refractivity (Wildman–Crippen MR) is 176 cm³/mol. The van der Waals surface area contributed by atoms with Crippen LogP contribution in [-0.4, -0.2) is 39.3 Å². The van der Waals surface area contributed by atoms with Crippen molar-refractivity contribution in [1.29, 1.82) is 0 Å². The largest absolute Gasteiger partial charge is 0.496 e. The minimum atomic E-state index is -3.99. The first-order valence-electron chi connectivity index (χ1n) is 14.6. The van der Waals surface area contributed by atoms with E-state index in [0.29, 0.717) is 16.5 Å². The number of benzene rings is 4. The number of nitrogens with one attached hydrogen (secondary N) is 1. The number of ether oxygens (including phenoxy) is 2. The van der Waals surface area contributed by atoms with Crippen LogP contribution in [0, 0.1) is 5.92 Å². The number of halogens is 1. The number of hydrazone groups is 1. The van der Waals surface area contributed by atoms with E-state index in [1.165, 1.54) is 17.1 Å². The lowest BCUT2D eigenvalue weighted by atomic mass is 9.77. The van der Waals surface area contributed by atoms with Crippen molar-refractivity contribution >= 4 is 45.0 Å². The monoisotopic (exact) mass is 641 g/mol. The third kappa shape index (κ3) is 6.18. The maximum absolute atomic E-state index is 14.3. The molecular formula is C35H32ClN3O5S. The van der Waals surface area contributed by atoms with Crippen LogP contribution in [0.15, 0.2) is 113 Å². The molecule has 10 heteroatoms. The standard InChI is InChI=1S/C35H32ClN3O5S/c1-43-31-15-5-3-9-23(31)21-24-10-8-14-30-33(24)37-39(34(30)29-13-4-6-16-32(29)44-2)35(40)25-11-7-12-28(22-25)45(41,42)38-27-19-17-26(36)18-20-27/h3-7,9,11-13,15-22,30,34,38H,8,10,14H2,1-2H3. The fourth-order valence-electron chi connectivity index (χ4n) is 6.02. The first-order chi connectivity index (χ1) is 21.8. The fraction of sp³-hybridized carbons (Fsp3) is 0.200. The van der Waals surface area contributed by atoms with E-state index in [-0.39, 0.29) is 16.4 Å². The van der Waals surface area contributed by atoms with Gasteiger partial charge in [0, 0.05) is 33.3 Å². The van der Waals surface area contributed by atoms with Gasteiger partial charge in [-0.05, 0) is 85.5 Å². The SMILES string of the molecule is COc1ccccc1C=C1CCCC2C1=NN(C(=O)c1cccc(S(=O)(=O)Nc3ccc(Cl)cc3)c1)C2c1ccccc1OC. The number of rotatable bonds is 8. The Morgan fingerprint density at radius 2 is 1.64 bits per heavy atom. The van der Waals surface area contributed by atoms with Crippen molar-refractivity contribution in [2.24, 2.45) is 11.0 Å². The van der Waals surface area contributed by atoms with E-state index in [4.69, 9.17) is 26.2 Å². The van der Waals surface area contributed by atoms with Crippen LogP contribution in [-0.2, 0) is 10.0 Å². The quantitative estimate of drug-likeness (QED) is 0.214. The van der Waals surface area contributed by atoms with Crippen LogP contribution in [0.3, 0.4) is 0 Å². The highest BCUT2D eigenvalue weighted by Crippen LogP contribution is 2.47. The zero-order chi connectivity index (χ0) is 31.6. The van der Waals surface area contributed by atoms with Crippen molar-refractivity contribution in [3.05, 3.63) is 124 Å². The molecule has 6 rings (SSSR count). The Kier molecular flexibility index (Phi) is 8.65. The molecule has 1 heterocycles. The minimum Gasteiger partial charge on any atom is -0.496 e. The van der Waals surface area contributed by atoms with Crippen LogP contribution in [0.1, 0.15) is 46.8 Å². The van der Waals surface area contributed by atoms with Gasteiger partial charge in [-0.3, -0.25) is 9.52 Å². The summed E-state index contributed by atoms with van der Waals surface area (Å²) >= 11 is 5.95. The summed E-state index contributed by atoms with van der Waals surface area (Å²) in [6, 6.07) is 27.3. The predicted octanol–water partition coefficient (Wildman–Crippen LogP) is 7.59. The number of sulfonamides is 1. The van der Waals surface area contributed by atoms with Crippen molar-refractivity contribution < 1.29 is 22.7 Å². The summed E-state index contributed by atoms with van der Waals surface area (Å²) in [7, 11) is -0.740. The van der Waals surface area contributed by atoms with Gasteiger partial charge in [-0.1, -0.05) is 54.1 Å². The van der Waals surface area contributed by atoms with Gasteiger partial charge < -0.3 is 9.47 Å². The summed E-state index contributed by atoms with van der Waals surface area (Å²) in [5.74, 6) is 0.915. The smallest absolute Gasteiger partial charge is 0.274 e. The summed E-state index contributed by atoms with van der Waals surface area (Å²) in [5, 5.41) is 6.97. The Balaban J connectivity index is 1.40. The number of para-hydroxylation sites is 2. The lowest BCUT2D eigenvalue weighted by Gasteiger charge is -2.30. The summed E-state index contributed by atoms with van der Waals surface area (Å²) in [5.41, 5.74) is 4.20. The maximum Gasteiger partial charge on any atom is 0.274 e. The molecule has 0 aromatic heterocycles. The number of nitrogens with zero attached hydrogens (tertiary/aromatic N) is 2. The first kappa shape index (κ1) is 30.4. The molecule has 1 N–H and O–H groups in total. The van der Waals surface area contributed by atoms with Crippen molar-refractivity contribution in [2.75, 3.05) is 18.9 Å². The number of amides is 1.